The summed E-state index contributed by atoms with van der Waals surface area (Å²) in [4.78, 5) is 29.5. The van der Waals surface area contributed by atoms with E-state index in [-0.39, 0.29) is 31.4 Å². The second-order valence-corrected chi connectivity index (χ2v) is 14.5. The molecule has 2 aromatic rings. The summed E-state index contributed by atoms with van der Waals surface area (Å²) in [6.07, 6.45) is 0.260. The highest BCUT2D eigenvalue weighted by Gasteiger charge is 2.66. The Balaban J connectivity index is 1.55. The zero-order valence-electron chi connectivity index (χ0n) is 20.1. The van der Waals surface area contributed by atoms with Crippen molar-refractivity contribution in [2.75, 3.05) is 23.0 Å². The molecule has 1 spiro atoms. The Bertz CT molecular complexity index is 1190. The summed E-state index contributed by atoms with van der Waals surface area (Å²) in [7, 11) is -3.24. The Morgan fingerprint density at radius 2 is 2.00 bits per heavy atom. The van der Waals surface area contributed by atoms with E-state index in [0.717, 1.165) is 11.3 Å². The highest BCUT2D eigenvalue weighted by atomic mass is 35.5. The maximum Gasteiger partial charge on any atom is 0.264 e. The van der Waals surface area contributed by atoms with E-state index in [1.807, 2.05) is 37.3 Å². The van der Waals surface area contributed by atoms with E-state index in [9.17, 15) is 14.7 Å². The summed E-state index contributed by atoms with van der Waals surface area (Å²) < 4.78 is 22.1. The molecule has 3 aliphatic heterocycles. The first-order chi connectivity index (χ1) is 16.6. The van der Waals surface area contributed by atoms with Gasteiger partial charge in [0.05, 0.1) is 18.3 Å². The molecule has 6 nitrogen and oxygen atoms in total. The molecule has 35 heavy (non-hydrogen) atoms. The first-order valence-corrected chi connectivity index (χ1v) is 15.4. The van der Waals surface area contributed by atoms with E-state index in [4.69, 9.17) is 16.3 Å². The molecule has 3 aliphatic rings. The van der Waals surface area contributed by atoms with Gasteiger partial charge in [-0.1, -0.05) is 30.7 Å². The molecule has 5 rings (SSSR count). The lowest BCUT2D eigenvalue weighted by atomic mass is 9.82. The van der Waals surface area contributed by atoms with Crippen LogP contribution in [0, 0.1) is 5.92 Å². The lowest BCUT2D eigenvalue weighted by molar-refractivity contribution is -0.146. The number of aliphatic hydroxyl groups excluding tert-OH is 1. The lowest BCUT2D eigenvalue weighted by Crippen LogP contribution is -2.45. The molecule has 9 heteroatoms. The minimum atomic E-state index is -3.24. The van der Waals surface area contributed by atoms with Gasteiger partial charge in [-0.25, -0.2) is 0 Å². The molecule has 0 radical (unpaired) electrons. The monoisotopic (exact) mass is 516 g/mol. The number of anilines is 2. The number of fused-ring (bicyclic) bond motifs is 2. The number of rotatable bonds is 6. The Morgan fingerprint density at radius 3 is 2.63 bits per heavy atom. The second-order valence-electron chi connectivity index (χ2n) is 10.3. The molecule has 0 aromatic heterocycles. The van der Waals surface area contributed by atoms with Gasteiger partial charge in [0.2, 0.25) is 14.3 Å². The van der Waals surface area contributed by atoms with Crippen LogP contribution >= 0.6 is 11.6 Å². The van der Waals surface area contributed by atoms with Gasteiger partial charge in [-0.2, -0.15) is 0 Å². The zero-order valence-corrected chi connectivity index (χ0v) is 21.9. The van der Waals surface area contributed by atoms with Crippen LogP contribution in [0.1, 0.15) is 30.9 Å². The van der Waals surface area contributed by atoms with Gasteiger partial charge >= 0.3 is 0 Å². The molecule has 1 N–H and O–H groups in total. The van der Waals surface area contributed by atoms with Crippen molar-refractivity contribution in [1.29, 1.82) is 0 Å². The smallest absolute Gasteiger partial charge is 0.264 e. The molecule has 0 aliphatic carbocycles. The summed E-state index contributed by atoms with van der Waals surface area (Å²) in [5, 5.41) is 10.1. The van der Waals surface area contributed by atoms with Crippen LogP contribution in [0.5, 0.6) is 0 Å². The maximum atomic E-state index is 15.6. The third-order valence-electron chi connectivity index (χ3n) is 7.75. The second kappa shape index (κ2) is 8.69. The average molecular weight is 517 g/mol. The number of halogens is 2. The van der Waals surface area contributed by atoms with Gasteiger partial charge in [0.1, 0.15) is 0 Å². The minimum Gasteiger partial charge on any atom is -0.396 e. The molecule has 2 amide bonds. The first kappa shape index (κ1) is 24.4. The molecular formula is C26H30ClFN2O4Si. The van der Waals surface area contributed by atoms with Gasteiger partial charge in [0.15, 0.2) is 5.60 Å². The van der Waals surface area contributed by atoms with Crippen LogP contribution in [0.25, 0.3) is 0 Å². The number of hydrogen-bond acceptors (Lipinski definition) is 4. The van der Waals surface area contributed by atoms with Crippen molar-refractivity contribution in [3.8, 4) is 0 Å². The van der Waals surface area contributed by atoms with Crippen molar-refractivity contribution in [2.24, 2.45) is 5.92 Å². The fourth-order valence-electron chi connectivity index (χ4n) is 6.17. The molecule has 4 atom stereocenters. The van der Waals surface area contributed by atoms with Crippen molar-refractivity contribution in [3.05, 3.63) is 58.6 Å². The van der Waals surface area contributed by atoms with Gasteiger partial charge in [-0.15, -0.1) is 0 Å². The molecule has 186 valence electrons. The van der Waals surface area contributed by atoms with Crippen molar-refractivity contribution < 1.29 is 23.5 Å². The fraction of sp³-hybridized carbons (Fsp3) is 0.462. The minimum absolute atomic E-state index is 0.0884. The number of hydrogen-bond donors (Lipinski definition) is 1. The summed E-state index contributed by atoms with van der Waals surface area (Å²) in [6, 6.07) is 12.9. The SMILES string of the molecule is C[C@H]1[C@H]([Si](C)(C)F)[C@@H](CCO)O[C@]12C(=O)N(Cc1cccc(N3CCC3=O)c1)c1ccc(Cl)cc12. The Kier molecular flexibility index (Phi) is 6.07. The number of β-lactam (4-membered cyclic amide) rings is 1. The largest absolute Gasteiger partial charge is 0.396 e. The summed E-state index contributed by atoms with van der Waals surface area (Å²) in [6.45, 7) is 6.00. The van der Waals surface area contributed by atoms with Crippen LogP contribution in [0.3, 0.4) is 0 Å². The van der Waals surface area contributed by atoms with Crippen LogP contribution in [0.15, 0.2) is 42.5 Å². The topological polar surface area (TPSA) is 70.1 Å². The van der Waals surface area contributed by atoms with Gasteiger partial charge < -0.3 is 23.8 Å². The van der Waals surface area contributed by atoms with Crippen molar-refractivity contribution >= 4 is 43.2 Å². The van der Waals surface area contributed by atoms with Crippen molar-refractivity contribution in [1.82, 2.24) is 0 Å². The highest BCUT2D eigenvalue weighted by Crippen LogP contribution is 2.60. The standard InChI is InChI=1S/C26H30ClFN2O4Si/c1-16-24(35(2,3)28)22(10-12-31)34-26(16)20-14-18(27)7-8-21(20)30(25(26)33)15-17-5-4-6-19(13-17)29-11-9-23(29)32/h4-8,13-14,16,22,24,31H,9-12,15H2,1-3H3/t16-,22+,24-,26+/m0/s1. The molecule has 2 aromatic carbocycles. The van der Waals surface area contributed by atoms with Gasteiger partial charge in [-0.3, -0.25) is 9.59 Å². The van der Waals surface area contributed by atoms with Gasteiger partial charge in [0, 0.05) is 47.3 Å². The highest BCUT2D eigenvalue weighted by molar-refractivity contribution is 6.72. The number of amides is 2. The van der Waals surface area contributed by atoms with Crippen molar-refractivity contribution in [2.45, 2.75) is 56.7 Å². The molecular weight excluding hydrogens is 487 g/mol. The molecule has 2 saturated heterocycles. The third-order valence-corrected chi connectivity index (χ3v) is 10.4. The van der Waals surface area contributed by atoms with E-state index in [1.54, 1.807) is 35.0 Å². The third kappa shape index (κ3) is 3.82. The molecule has 0 saturated carbocycles. The fourth-order valence-corrected chi connectivity index (χ4v) is 8.88. The normalized spacial score (nSPS) is 28.1. The van der Waals surface area contributed by atoms with Crippen LogP contribution in [0.4, 0.5) is 15.5 Å². The zero-order chi connectivity index (χ0) is 25.1. The molecule has 0 bridgehead atoms. The lowest BCUT2D eigenvalue weighted by Gasteiger charge is -2.32. The molecule has 3 heterocycles. The predicted octanol–water partition coefficient (Wildman–Crippen LogP) is 4.78. The Morgan fingerprint density at radius 1 is 1.23 bits per heavy atom. The summed E-state index contributed by atoms with van der Waals surface area (Å²) >= 11 is 6.38. The first-order valence-electron chi connectivity index (χ1n) is 12.1. The number of aliphatic hydroxyl groups is 1. The van der Waals surface area contributed by atoms with E-state index in [1.165, 1.54) is 0 Å². The van der Waals surface area contributed by atoms with Gasteiger partial charge in [-0.05, 0) is 55.4 Å². The van der Waals surface area contributed by atoms with Crippen LogP contribution in [-0.4, -0.2) is 44.6 Å². The summed E-state index contributed by atoms with van der Waals surface area (Å²) in [5.41, 5.74) is 1.23. The quantitative estimate of drug-likeness (QED) is 0.341. The van der Waals surface area contributed by atoms with Crippen LogP contribution in [0.2, 0.25) is 23.7 Å². The number of benzene rings is 2. The average Bonchev–Trinajstić information content (AvgIpc) is 3.20. The molecule has 0 unspecified atom stereocenters. The van der Waals surface area contributed by atoms with Crippen LogP contribution < -0.4 is 9.80 Å². The number of carbonyl (C=O) groups excluding carboxylic acids is 2. The Hall–Kier alpha value is -2.26. The molecule has 2 fully saturated rings. The van der Waals surface area contributed by atoms with Crippen LogP contribution in [-0.2, 0) is 26.5 Å². The number of carbonyl (C=O) groups is 2. The van der Waals surface area contributed by atoms with E-state index in [0.29, 0.717) is 29.2 Å². The number of ether oxygens (including phenoxy) is 1. The summed E-state index contributed by atoms with van der Waals surface area (Å²) in [5.74, 6) is -0.577. The van der Waals surface area contributed by atoms with Gasteiger partial charge in [0.25, 0.3) is 5.91 Å². The van der Waals surface area contributed by atoms with E-state index < -0.39 is 31.6 Å². The van der Waals surface area contributed by atoms with Crippen molar-refractivity contribution in [3.63, 3.8) is 0 Å². The maximum absolute atomic E-state index is 15.6. The van der Waals surface area contributed by atoms with E-state index >= 15 is 4.11 Å². The number of nitrogens with zero attached hydrogens (tertiary/aromatic N) is 2. The predicted molar refractivity (Wildman–Crippen MR) is 136 cm³/mol. The van der Waals surface area contributed by atoms with E-state index in [2.05, 4.69) is 0 Å². The Labute approximate surface area is 210 Å².